The van der Waals surface area contributed by atoms with E-state index >= 15 is 0 Å². The third-order valence-electron chi connectivity index (χ3n) is 2.70. The van der Waals surface area contributed by atoms with Crippen molar-refractivity contribution in [2.75, 3.05) is 19.0 Å². The van der Waals surface area contributed by atoms with Crippen molar-refractivity contribution in [3.63, 3.8) is 0 Å². The quantitative estimate of drug-likeness (QED) is 0.893. The topological polar surface area (TPSA) is 47.0 Å². The SMILES string of the molecule is CCCOc1ccccc1-c1cc(C)nc(NC)n1. The van der Waals surface area contributed by atoms with Gasteiger partial charge in [0.1, 0.15) is 5.75 Å². The first-order valence-electron chi connectivity index (χ1n) is 6.50. The van der Waals surface area contributed by atoms with Crippen LogP contribution in [0.1, 0.15) is 19.0 Å². The summed E-state index contributed by atoms with van der Waals surface area (Å²) in [6.45, 7) is 4.76. The van der Waals surface area contributed by atoms with Crippen LogP contribution in [0.4, 0.5) is 5.95 Å². The standard InChI is InChI=1S/C15H19N3O/c1-4-9-19-14-8-6-5-7-12(14)13-10-11(2)17-15(16-3)18-13/h5-8,10H,4,9H2,1-3H3,(H,16,17,18). The molecule has 1 aromatic carbocycles. The van der Waals surface area contributed by atoms with Gasteiger partial charge >= 0.3 is 0 Å². The fraction of sp³-hybridized carbons (Fsp3) is 0.333. The van der Waals surface area contributed by atoms with E-state index in [4.69, 9.17) is 4.74 Å². The van der Waals surface area contributed by atoms with Gasteiger partial charge in [-0.1, -0.05) is 19.1 Å². The summed E-state index contributed by atoms with van der Waals surface area (Å²) in [6.07, 6.45) is 0.985. The summed E-state index contributed by atoms with van der Waals surface area (Å²) >= 11 is 0. The molecule has 0 saturated carbocycles. The van der Waals surface area contributed by atoms with Gasteiger partial charge in [0.25, 0.3) is 0 Å². The van der Waals surface area contributed by atoms with Gasteiger partial charge in [-0.3, -0.25) is 0 Å². The molecule has 4 nitrogen and oxygen atoms in total. The molecule has 0 bridgehead atoms. The maximum atomic E-state index is 5.77. The Labute approximate surface area is 113 Å². The Morgan fingerprint density at radius 2 is 2.00 bits per heavy atom. The van der Waals surface area contributed by atoms with Gasteiger partial charge in [0.05, 0.1) is 12.3 Å². The van der Waals surface area contributed by atoms with Gasteiger partial charge in [0.15, 0.2) is 0 Å². The fourth-order valence-corrected chi connectivity index (χ4v) is 1.83. The van der Waals surface area contributed by atoms with Crippen LogP contribution in [-0.2, 0) is 0 Å². The zero-order valence-electron chi connectivity index (χ0n) is 11.6. The second-order valence-corrected chi connectivity index (χ2v) is 4.31. The highest BCUT2D eigenvalue weighted by atomic mass is 16.5. The Balaban J connectivity index is 2.43. The maximum Gasteiger partial charge on any atom is 0.223 e. The first-order valence-corrected chi connectivity index (χ1v) is 6.50. The van der Waals surface area contributed by atoms with Crippen molar-refractivity contribution in [1.82, 2.24) is 9.97 Å². The molecule has 100 valence electrons. The van der Waals surface area contributed by atoms with Crippen LogP contribution in [0, 0.1) is 6.92 Å². The van der Waals surface area contributed by atoms with Gasteiger partial charge in [0, 0.05) is 18.3 Å². The van der Waals surface area contributed by atoms with Crippen molar-refractivity contribution in [2.24, 2.45) is 0 Å². The van der Waals surface area contributed by atoms with E-state index in [0.717, 1.165) is 29.1 Å². The predicted octanol–water partition coefficient (Wildman–Crippen LogP) is 3.28. The number of para-hydroxylation sites is 1. The fourth-order valence-electron chi connectivity index (χ4n) is 1.83. The average molecular weight is 257 g/mol. The molecular formula is C15H19N3O. The summed E-state index contributed by atoms with van der Waals surface area (Å²) in [4.78, 5) is 8.80. The summed E-state index contributed by atoms with van der Waals surface area (Å²) in [6, 6.07) is 9.93. The number of hydrogen-bond donors (Lipinski definition) is 1. The van der Waals surface area contributed by atoms with Gasteiger partial charge in [-0.2, -0.15) is 0 Å². The summed E-state index contributed by atoms with van der Waals surface area (Å²) in [5.74, 6) is 1.49. The molecule has 0 fully saturated rings. The van der Waals surface area contributed by atoms with E-state index in [9.17, 15) is 0 Å². The van der Waals surface area contributed by atoms with E-state index in [0.29, 0.717) is 12.6 Å². The largest absolute Gasteiger partial charge is 0.493 e. The second kappa shape index (κ2) is 6.18. The summed E-state index contributed by atoms with van der Waals surface area (Å²) < 4.78 is 5.77. The minimum Gasteiger partial charge on any atom is -0.493 e. The van der Waals surface area contributed by atoms with Crippen LogP contribution >= 0.6 is 0 Å². The van der Waals surface area contributed by atoms with Gasteiger partial charge < -0.3 is 10.1 Å². The molecule has 2 aromatic rings. The number of ether oxygens (including phenoxy) is 1. The van der Waals surface area contributed by atoms with Crippen LogP contribution in [0.3, 0.4) is 0 Å². The predicted molar refractivity (Wildman–Crippen MR) is 77.5 cm³/mol. The maximum absolute atomic E-state index is 5.77. The van der Waals surface area contributed by atoms with Gasteiger partial charge in [-0.25, -0.2) is 9.97 Å². The van der Waals surface area contributed by atoms with Crippen molar-refractivity contribution in [1.29, 1.82) is 0 Å². The Bertz CT molecular complexity index is 555. The molecule has 4 heteroatoms. The Morgan fingerprint density at radius 3 is 2.74 bits per heavy atom. The van der Waals surface area contributed by atoms with E-state index in [-0.39, 0.29) is 0 Å². The van der Waals surface area contributed by atoms with Crippen molar-refractivity contribution < 1.29 is 4.74 Å². The second-order valence-electron chi connectivity index (χ2n) is 4.31. The molecule has 0 aliphatic heterocycles. The molecule has 0 amide bonds. The van der Waals surface area contributed by atoms with Crippen molar-refractivity contribution in [3.8, 4) is 17.0 Å². The van der Waals surface area contributed by atoms with E-state index in [1.54, 1.807) is 0 Å². The minimum absolute atomic E-state index is 0.625. The lowest BCUT2D eigenvalue weighted by Gasteiger charge is -2.11. The average Bonchev–Trinajstić information content (AvgIpc) is 2.44. The van der Waals surface area contributed by atoms with E-state index < -0.39 is 0 Å². The van der Waals surface area contributed by atoms with E-state index in [1.807, 2.05) is 44.3 Å². The third-order valence-corrected chi connectivity index (χ3v) is 2.70. The molecule has 0 aliphatic rings. The van der Waals surface area contributed by atoms with Gasteiger partial charge in [0.2, 0.25) is 5.95 Å². The molecular weight excluding hydrogens is 238 g/mol. The summed E-state index contributed by atoms with van der Waals surface area (Å²) in [5.41, 5.74) is 2.81. The number of benzene rings is 1. The summed E-state index contributed by atoms with van der Waals surface area (Å²) in [5, 5.41) is 2.98. The first-order chi connectivity index (χ1) is 9.24. The summed E-state index contributed by atoms with van der Waals surface area (Å²) in [7, 11) is 1.82. The van der Waals surface area contributed by atoms with Crippen LogP contribution < -0.4 is 10.1 Å². The molecule has 1 N–H and O–H groups in total. The Kier molecular flexibility index (Phi) is 4.34. The monoisotopic (exact) mass is 257 g/mol. The lowest BCUT2D eigenvalue weighted by Crippen LogP contribution is -2.01. The lowest BCUT2D eigenvalue weighted by molar-refractivity contribution is 0.318. The molecule has 1 heterocycles. The van der Waals surface area contributed by atoms with Crippen LogP contribution in [0.5, 0.6) is 5.75 Å². The molecule has 0 aliphatic carbocycles. The molecule has 0 unspecified atom stereocenters. The highest BCUT2D eigenvalue weighted by Crippen LogP contribution is 2.29. The molecule has 0 spiro atoms. The van der Waals surface area contributed by atoms with Crippen LogP contribution in [-0.4, -0.2) is 23.6 Å². The number of aryl methyl sites for hydroxylation is 1. The highest BCUT2D eigenvalue weighted by molar-refractivity contribution is 5.68. The first kappa shape index (κ1) is 13.3. The van der Waals surface area contributed by atoms with Crippen molar-refractivity contribution in [2.45, 2.75) is 20.3 Å². The zero-order chi connectivity index (χ0) is 13.7. The molecule has 19 heavy (non-hydrogen) atoms. The molecule has 1 aromatic heterocycles. The normalized spacial score (nSPS) is 10.3. The molecule has 0 radical (unpaired) electrons. The number of rotatable bonds is 5. The van der Waals surface area contributed by atoms with Gasteiger partial charge in [-0.15, -0.1) is 0 Å². The number of hydrogen-bond acceptors (Lipinski definition) is 4. The zero-order valence-corrected chi connectivity index (χ0v) is 11.6. The third kappa shape index (κ3) is 3.22. The van der Waals surface area contributed by atoms with Crippen molar-refractivity contribution in [3.05, 3.63) is 36.0 Å². The number of aromatic nitrogens is 2. The number of nitrogens with zero attached hydrogens (tertiary/aromatic N) is 2. The van der Waals surface area contributed by atoms with E-state index in [1.165, 1.54) is 0 Å². The van der Waals surface area contributed by atoms with Crippen molar-refractivity contribution >= 4 is 5.95 Å². The molecule has 2 rings (SSSR count). The van der Waals surface area contributed by atoms with Crippen LogP contribution in [0.15, 0.2) is 30.3 Å². The number of nitrogens with one attached hydrogen (secondary N) is 1. The minimum atomic E-state index is 0.625. The smallest absolute Gasteiger partial charge is 0.223 e. The van der Waals surface area contributed by atoms with E-state index in [2.05, 4.69) is 22.2 Å². The van der Waals surface area contributed by atoms with Crippen LogP contribution in [0.2, 0.25) is 0 Å². The van der Waals surface area contributed by atoms with Gasteiger partial charge in [-0.05, 0) is 31.5 Å². The lowest BCUT2D eigenvalue weighted by atomic mass is 10.1. The Morgan fingerprint density at radius 1 is 1.21 bits per heavy atom. The number of anilines is 1. The highest BCUT2D eigenvalue weighted by Gasteiger charge is 2.09. The molecule has 0 saturated heterocycles. The Hall–Kier alpha value is -2.10. The van der Waals surface area contributed by atoms with Crippen LogP contribution in [0.25, 0.3) is 11.3 Å². The molecule has 0 atom stereocenters.